The maximum absolute atomic E-state index is 2.37. The summed E-state index contributed by atoms with van der Waals surface area (Å²) < 4.78 is 2.83. The molecule has 0 unspecified atom stereocenters. The number of rotatable bonds is 2. The summed E-state index contributed by atoms with van der Waals surface area (Å²) in [6, 6.07) is 20.0. The molecule has 0 atom stereocenters. The van der Waals surface area contributed by atoms with Crippen LogP contribution in [0, 0.1) is 13.8 Å². The molecular formula is C26H28S3. The number of hydrogen-bond acceptors (Lipinski definition) is 3. The molecule has 0 saturated heterocycles. The van der Waals surface area contributed by atoms with Gasteiger partial charge in [0, 0.05) is 45.9 Å². The number of fused-ring (bicyclic) bond motifs is 2. The molecule has 0 bridgehead atoms. The Hall–Kier alpha value is -1.94. The first-order valence-electron chi connectivity index (χ1n) is 10.3. The molecule has 0 N–H and O–H groups in total. The Morgan fingerprint density at radius 2 is 1.17 bits per heavy atom. The van der Waals surface area contributed by atoms with Gasteiger partial charge in [0.05, 0.1) is 0 Å². The van der Waals surface area contributed by atoms with Crippen LogP contribution in [0.2, 0.25) is 0 Å². The zero-order valence-corrected chi connectivity index (χ0v) is 20.4. The first-order valence-corrected chi connectivity index (χ1v) is 12.8. The van der Waals surface area contributed by atoms with Crippen LogP contribution < -0.4 is 0 Å². The third kappa shape index (κ3) is 4.05. The highest BCUT2D eigenvalue weighted by Crippen LogP contribution is 2.49. The lowest BCUT2D eigenvalue weighted by Gasteiger charge is -2.11. The normalized spacial score (nSPS) is 10.4. The Balaban J connectivity index is 0.000000568. The first-order chi connectivity index (χ1) is 14.2. The summed E-state index contributed by atoms with van der Waals surface area (Å²) in [6.45, 7) is 12.4. The van der Waals surface area contributed by atoms with Crippen molar-refractivity contribution >= 4 is 54.2 Å². The van der Waals surface area contributed by atoms with Gasteiger partial charge in [-0.1, -0.05) is 64.1 Å². The largest absolute Gasteiger partial charge is 0.144 e. The van der Waals surface area contributed by atoms with Gasteiger partial charge in [-0.15, -0.1) is 34.0 Å². The third-order valence-corrected chi connectivity index (χ3v) is 7.56. The molecule has 0 aliphatic rings. The highest BCUT2D eigenvalue weighted by Gasteiger charge is 2.20. The maximum atomic E-state index is 2.37. The molecule has 3 heterocycles. The van der Waals surface area contributed by atoms with Crippen LogP contribution in [0.1, 0.15) is 37.4 Å². The van der Waals surface area contributed by atoms with Crippen LogP contribution in [0.4, 0.5) is 0 Å². The van der Waals surface area contributed by atoms with Crippen molar-refractivity contribution in [1.82, 2.24) is 0 Å². The Bertz CT molecular complexity index is 1130. The minimum atomic E-state index is 1.31. The van der Waals surface area contributed by atoms with Crippen LogP contribution in [0.15, 0.2) is 60.0 Å². The van der Waals surface area contributed by atoms with Crippen molar-refractivity contribution in [2.45, 2.75) is 41.5 Å². The molecule has 0 radical (unpaired) electrons. The Kier molecular flexibility index (Phi) is 7.28. The van der Waals surface area contributed by atoms with E-state index in [0.717, 1.165) is 0 Å². The van der Waals surface area contributed by atoms with Gasteiger partial charge in [0.2, 0.25) is 0 Å². The lowest BCUT2D eigenvalue weighted by Crippen LogP contribution is -1.83. The van der Waals surface area contributed by atoms with Crippen molar-refractivity contribution < 1.29 is 0 Å². The second-order valence-corrected chi connectivity index (χ2v) is 9.75. The molecule has 29 heavy (non-hydrogen) atoms. The topological polar surface area (TPSA) is 0 Å². The first kappa shape index (κ1) is 21.8. The summed E-state index contributed by atoms with van der Waals surface area (Å²) in [5.74, 6) is 0. The zero-order chi connectivity index (χ0) is 21.0. The van der Waals surface area contributed by atoms with E-state index in [1.165, 1.54) is 51.5 Å². The smallest absolute Gasteiger partial charge is 0.0445 e. The monoisotopic (exact) mass is 436 g/mol. The lowest BCUT2D eigenvalue weighted by atomic mass is 9.96. The Morgan fingerprint density at radius 3 is 1.72 bits per heavy atom. The molecule has 0 saturated carbocycles. The molecule has 0 nitrogen and oxygen atoms in total. The molecule has 2 aromatic carbocycles. The highest BCUT2D eigenvalue weighted by atomic mass is 32.1. The summed E-state index contributed by atoms with van der Waals surface area (Å²) in [6.07, 6.45) is 0. The van der Waals surface area contributed by atoms with Crippen molar-refractivity contribution in [3.8, 4) is 21.6 Å². The molecular weight excluding hydrogens is 408 g/mol. The lowest BCUT2D eigenvalue weighted by molar-refractivity contribution is 1.50. The summed E-state index contributed by atoms with van der Waals surface area (Å²) in [5, 5.41) is 4.97. The predicted molar refractivity (Wildman–Crippen MR) is 138 cm³/mol. The van der Waals surface area contributed by atoms with E-state index < -0.39 is 0 Å². The van der Waals surface area contributed by atoms with E-state index in [4.69, 9.17) is 0 Å². The van der Waals surface area contributed by atoms with Crippen molar-refractivity contribution in [3.05, 3.63) is 69.7 Å². The van der Waals surface area contributed by atoms with Crippen LogP contribution in [-0.4, -0.2) is 0 Å². The average molecular weight is 437 g/mol. The zero-order valence-electron chi connectivity index (χ0n) is 18.0. The van der Waals surface area contributed by atoms with Crippen LogP contribution in [-0.2, 0) is 0 Å². The van der Waals surface area contributed by atoms with Gasteiger partial charge in [0.1, 0.15) is 0 Å². The van der Waals surface area contributed by atoms with Crippen molar-refractivity contribution in [2.75, 3.05) is 0 Å². The predicted octanol–water partition coefficient (Wildman–Crippen LogP) is 10.2. The number of aryl methyl sites for hydroxylation is 2. The summed E-state index contributed by atoms with van der Waals surface area (Å²) in [5.41, 5.74) is 4.13. The van der Waals surface area contributed by atoms with Crippen LogP contribution in [0.5, 0.6) is 0 Å². The third-order valence-electron chi connectivity index (χ3n) is 4.53. The van der Waals surface area contributed by atoms with E-state index in [9.17, 15) is 0 Å². The molecule has 0 fully saturated rings. The molecule has 5 rings (SSSR count). The quantitative estimate of drug-likeness (QED) is 0.258. The summed E-state index contributed by atoms with van der Waals surface area (Å²) in [4.78, 5) is 4.12. The number of benzene rings is 2. The van der Waals surface area contributed by atoms with Crippen molar-refractivity contribution in [2.24, 2.45) is 0 Å². The highest BCUT2D eigenvalue weighted by molar-refractivity contribution is 7.22. The number of hydrogen-bond donors (Lipinski definition) is 0. The van der Waals surface area contributed by atoms with Crippen molar-refractivity contribution in [1.29, 1.82) is 0 Å². The van der Waals surface area contributed by atoms with E-state index in [-0.39, 0.29) is 0 Å². The van der Waals surface area contributed by atoms with Gasteiger partial charge in [-0.25, -0.2) is 0 Å². The molecule has 5 aromatic rings. The van der Waals surface area contributed by atoms with Crippen LogP contribution in [0.25, 0.3) is 41.7 Å². The minimum Gasteiger partial charge on any atom is -0.144 e. The van der Waals surface area contributed by atoms with Gasteiger partial charge in [0.15, 0.2) is 0 Å². The Labute approximate surface area is 186 Å². The van der Waals surface area contributed by atoms with E-state index in [0.29, 0.717) is 0 Å². The Morgan fingerprint density at radius 1 is 0.621 bits per heavy atom. The second-order valence-electron chi connectivity index (χ2n) is 6.29. The van der Waals surface area contributed by atoms with E-state index in [2.05, 4.69) is 73.8 Å². The van der Waals surface area contributed by atoms with Gasteiger partial charge in [-0.2, -0.15) is 0 Å². The van der Waals surface area contributed by atoms with Gasteiger partial charge < -0.3 is 0 Å². The molecule has 0 aliphatic heterocycles. The molecule has 0 amide bonds. The SMILES string of the molecule is CC.CC.Cc1cc2c(-c3cccs3)c3sc(C)cc3c(-c3ccccc3)c2s1. The molecule has 0 aliphatic carbocycles. The van der Waals surface area contributed by atoms with E-state index >= 15 is 0 Å². The summed E-state index contributed by atoms with van der Waals surface area (Å²) in [7, 11) is 0. The second kappa shape index (κ2) is 9.71. The fraction of sp³-hybridized carbons (Fsp3) is 0.231. The maximum Gasteiger partial charge on any atom is 0.0445 e. The number of thiophene rings is 3. The molecule has 3 heteroatoms. The molecule has 150 valence electrons. The molecule has 0 spiro atoms. The van der Waals surface area contributed by atoms with Gasteiger partial charge in [-0.3, -0.25) is 0 Å². The fourth-order valence-electron chi connectivity index (χ4n) is 3.57. The van der Waals surface area contributed by atoms with E-state index in [1.54, 1.807) is 0 Å². The molecule has 3 aromatic heterocycles. The fourth-order valence-corrected chi connectivity index (χ4v) is 6.62. The standard InChI is InChI=1S/C22H16S3.2C2H6/c1-13-11-16-19(15-7-4-3-5-8-15)21-17(12-14(2)24-21)20(22(16)25-13)18-9-6-10-23-18;2*1-2/h3-12H,1-2H3;2*1-2H3. The van der Waals surface area contributed by atoms with Crippen molar-refractivity contribution in [3.63, 3.8) is 0 Å². The van der Waals surface area contributed by atoms with E-state index in [1.807, 2.05) is 61.7 Å². The summed E-state index contributed by atoms with van der Waals surface area (Å²) >= 11 is 5.68. The van der Waals surface area contributed by atoms with Crippen LogP contribution in [0.3, 0.4) is 0 Å². The van der Waals surface area contributed by atoms with Gasteiger partial charge in [-0.05, 0) is 43.0 Å². The van der Waals surface area contributed by atoms with Gasteiger partial charge >= 0.3 is 0 Å². The minimum absolute atomic E-state index is 1.31. The van der Waals surface area contributed by atoms with Gasteiger partial charge in [0.25, 0.3) is 0 Å². The average Bonchev–Trinajstić information content (AvgIpc) is 3.49. The van der Waals surface area contributed by atoms with Crippen LogP contribution >= 0.6 is 34.0 Å².